The standard InChI is InChI=1S/C21H24N4O2/c1-25(2)11-3-10-23-21(27)15-6-4-14(5-7-15)17-12-16-8-9-19(22)24-20(16)18(26)13-17/h4-9,12-13,26H,3,10-11H2,1-2H3,(H2,22,24)(H,23,27). The third-order valence-electron chi connectivity index (χ3n) is 4.34. The summed E-state index contributed by atoms with van der Waals surface area (Å²) in [6, 6.07) is 14.5. The van der Waals surface area contributed by atoms with Crippen molar-refractivity contribution < 1.29 is 9.90 Å². The Kier molecular flexibility index (Phi) is 5.57. The molecule has 0 saturated heterocycles. The molecule has 0 atom stereocenters. The lowest BCUT2D eigenvalue weighted by Gasteiger charge is -2.10. The molecule has 0 aliphatic heterocycles. The van der Waals surface area contributed by atoms with Crippen LogP contribution in [0.25, 0.3) is 22.0 Å². The number of carbonyl (C=O) groups excluding carboxylic acids is 1. The molecule has 3 aromatic rings. The molecular weight excluding hydrogens is 340 g/mol. The summed E-state index contributed by atoms with van der Waals surface area (Å²) in [6.45, 7) is 1.58. The molecule has 0 radical (unpaired) electrons. The number of aromatic hydroxyl groups is 1. The molecule has 6 heteroatoms. The average Bonchev–Trinajstić information content (AvgIpc) is 2.65. The fourth-order valence-electron chi connectivity index (χ4n) is 2.91. The Bertz CT molecular complexity index is 952. The Morgan fingerprint density at radius 1 is 1.11 bits per heavy atom. The Labute approximate surface area is 158 Å². The van der Waals surface area contributed by atoms with Crippen LogP contribution in [-0.2, 0) is 0 Å². The molecule has 0 fully saturated rings. The number of anilines is 1. The van der Waals surface area contributed by atoms with Gasteiger partial charge in [0.05, 0.1) is 0 Å². The molecule has 0 bridgehead atoms. The van der Waals surface area contributed by atoms with Gasteiger partial charge in [-0.15, -0.1) is 0 Å². The van der Waals surface area contributed by atoms with E-state index in [1.807, 2.05) is 38.4 Å². The quantitative estimate of drug-likeness (QED) is 0.585. The summed E-state index contributed by atoms with van der Waals surface area (Å²) in [5, 5.41) is 14.0. The number of nitrogen functional groups attached to an aromatic ring is 1. The second kappa shape index (κ2) is 8.05. The number of nitrogens with two attached hydrogens (primary N) is 1. The summed E-state index contributed by atoms with van der Waals surface area (Å²) < 4.78 is 0. The van der Waals surface area contributed by atoms with E-state index < -0.39 is 0 Å². The zero-order valence-corrected chi connectivity index (χ0v) is 15.6. The third-order valence-corrected chi connectivity index (χ3v) is 4.34. The highest BCUT2D eigenvalue weighted by Crippen LogP contribution is 2.31. The van der Waals surface area contributed by atoms with Gasteiger partial charge in [0.25, 0.3) is 5.91 Å². The molecule has 0 unspecified atom stereocenters. The summed E-state index contributed by atoms with van der Waals surface area (Å²) in [5.41, 5.74) is 8.54. The van der Waals surface area contributed by atoms with E-state index in [-0.39, 0.29) is 11.7 Å². The predicted octanol–water partition coefficient (Wildman–Crippen LogP) is 2.87. The van der Waals surface area contributed by atoms with Gasteiger partial charge in [-0.1, -0.05) is 12.1 Å². The number of pyridine rings is 1. The minimum atomic E-state index is -0.0821. The van der Waals surface area contributed by atoms with E-state index in [2.05, 4.69) is 15.2 Å². The van der Waals surface area contributed by atoms with Gasteiger partial charge in [-0.25, -0.2) is 4.98 Å². The van der Waals surface area contributed by atoms with Gasteiger partial charge in [0.1, 0.15) is 17.1 Å². The number of nitrogens with zero attached hydrogens (tertiary/aromatic N) is 2. The summed E-state index contributed by atoms with van der Waals surface area (Å²) >= 11 is 0. The van der Waals surface area contributed by atoms with Crippen molar-refractivity contribution in [3.8, 4) is 16.9 Å². The fourth-order valence-corrected chi connectivity index (χ4v) is 2.91. The summed E-state index contributed by atoms with van der Waals surface area (Å²) in [7, 11) is 4.02. The first-order chi connectivity index (χ1) is 12.9. The van der Waals surface area contributed by atoms with Crippen molar-refractivity contribution in [3.05, 3.63) is 54.1 Å². The molecule has 1 aromatic heterocycles. The van der Waals surface area contributed by atoms with E-state index in [0.29, 0.717) is 23.4 Å². The summed E-state index contributed by atoms with van der Waals surface area (Å²) in [6.07, 6.45) is 0.908. The van der Waals surface area contributed by atoms with E-state index in [1.165, 1.54) is 0 Å². The van der Waals surface area contributed by atoms with Crippen molar-refractivity contribution in [3.63, 3.8) is 0 Å². The van der Waals surface area contributed by atoms with E-state index in [0.717, 1.165) is 29.5 Å². The van der Waals surface area contributed by atoms with Crippen LogP contribution in [0.1, 0.15) is 16.8 Å². The van der Waals surface area contributed by atoms with Crippen LogP contribution in [0.4, 0.5) is 5.82 Å². The molecule has 0 saturated carbocycles. The van der Waals surface area contributed by atoms with Crippen LogP contribution in [0.15, 0.2) is 48.5 Å². The van der Waals surface area contributed by atoms with Gasteiger partial charge in [-0.05, 0) is 74.6 Å². The SMILES string of the molecule is CN(C)CCCNC(=O)c1ccc(-c2cc(O)c3nc(N)ccc3c2)cc1. The maximum absolute atomic E-state index is 12.2. The highest BCUT2D eigenvalue weighted by Gasteiger charge is 2.09. The number of hydrogen-bond acceptors (Lipinski definition) is 5. The second-order valence-electron chi connectivity index (χ2n) is 6.79. The van der Waals surface area contributed by atoms with Gasteiger partial charge in [-0.3, -0.25) is 4.79 Å². The average molecular weight is 364 g/mol. The topological polar surface area (TPSA) is 91.5 Å². The Morgan fingerprint density at radius 2 is 1.85 bits per heavy atom. The Morgan fingerprint density at radius 3 is 2.56 bits per heavy atom. The first-order valence-electron chi connectivity index (χ1n) is 8.86. The van der Waals surface area contributed by atoms with E-state index in [1.54, 1.807) is 24.3 Å². The van der Waals surface area contributed by atoms with Crippen molar-refractivity contribution in [2.45, 2.75) is 6.42 Å². The van der Waals surface area contributed by atoms with Crippen LogP contribution in [0.3, 0.4) is 0 Å². The van der Waals surface area contributed by atoms with Crippen molar-refractivity contribution in [1.29, 1.82) is 0 Å². The van der Waals surface area contributed by atoms with Gasteiger partial charge in [0.2, 0.25) is 0 Å². The van der Waals surface area contributed by atoms with Crippen LogP contribution >= 0.6 is 0 Å². The molecule has 140 valence electrons. The first kappa shape index (κ1) is 18.7. The van der Waals surface area contributed by atoms with E-state index in [9.17, 15) is 9.90 Å². The number of hydrogen-bond donors (Lipinski definition) is 3. The molecule has 2 aromatic carbocycles. The number of fused-ring (bicyclic) bond motifs is 1. The monoisotopic (exact) mass is 364 g/mol. The molecule has 4 N–H and O–H groups in total. The van der Waals surface area contributed by atoms with Crippen molar-refractivity contribution in [1.82, 2.24) is 15.2 Å². The van der Waals surface area contributed by atoms with Crippen molar-refractivity contribution in [2.24, 2.45) is 0 Å². The molecule has 0 spiro atoms. The molecule has 6 nitrogen and oxygen atoms in total. The number of benzene rings is 2. The van der Waals surface area contributed by atoms with Crippen LogP contribution in [0.2, 0.25) is 0 Å². The minimum absolute atomic E-state index is 0.0810. The number of aromatic nitrogens is 1. The van der Waals surface area contributed by atoms with Crippen LogP contribution in [0, 0.1) is 0 Å². The smallest absolute Gasteiger partial charge is 0.251 e. The minimum Gasteiger partial charge on any atom is -0.506 e. The van der Waals surface area contributed by atoms with Gasteiger partial charge < -0.3 is 21.1 Å². The normalized spacial score (nSPS) is 11.1. The predicted molar refractivity (Wildman–Crippen MR) is 109 cm³/mol. The molecule has 1 heterocycles. The zero-order chi connectivity index (χ0) is 19.4. The lowest BCUT2D eigenvalue weighted by atomic mass is 10.0. The van der Waals surface area contributed by atoms with Gasteiger partial charge >= 0.3 is 0 Å². The van der Waals surface area contributed by atoms with Crippen molar-refractivity contribution in [2.75, 3.05) is 32.9 Å². The number of phenolic OH excluding ortho intramolecular Hbond substituents is 1. The zero-order valence-electron chi connectivity index (χ0n) is 15.6. The lowest BCUT2D eigenvalue weighted by Crippen LogP contribution is -2.27. The molecule has 0 aliphatic carbocycles. The third kappa shape index (κ3) is 4.54. The number of amides is 1. The summed E-state index contributed by atoms with van der Waals surface area (Å²) in [5.74, 6) is 0.366. The van der Waals surface area contributed by atoms with E-state index in [4.69, 9.17) is 5.73 Å². The molecular formula is C21H24N4O2. The van der Waals surface area contributed by atoms with Gasteiger partial charge in [-0.2, -0.15) is 0 Å². The van der Waals surface area contributed by atoms with Gasteiger partial charge in [0.15, 0.2) is 0 Å². The second-order valence-corrected chi connectivity index (χ2v) is 6.79. The van der Waals surface area contributed by atoms with Crippen LogP contribution < -0.4 is 11.1 Å². The van der Waals surface area contributed by atoms with E-state index >= 15 is 0 Å². The highest BCUT2D eigenvalue weighted by atomic mass is 16.3. The number of nitrogens with one attached hydrogen (secondary N) is 1. The maximum Gasteiger partial charge on any atom is 0.251 e. The lowest BCUT2D eigenvalue weighted by molar-refractivity contribution is 0.0952. The van der Waals surface area contributed by atoms with Gasteiger partial charge in [0, 0.05) is 17.5 Å². The number of carbonyl (C=O) groups is 1. The number of rotatable bonds is 6. The summed E-state index contributed by atoms with van der Waals surface area (Å²) in [4.78, 5) is 18.5. The molecule has 3 rings (SSSR count). The van der Waals surface area contributed by atoms with Crippen LogP contribution in [-0.4, -0.2) is 48.1 Å². The van der Waals surface area contributed by atoms with Crippen molar-refractivity contribution >= 4 is 22.6 Å². The maximum atomic E-state index is 12.2. The molecule has 0 aliphatic rings. The highest BCUT2D eigenvalue weighted by molar-refractivity contribution is 5.95. The largest absolute Gasteiger partial charge is 0.506 e. The Balaban J connectivity index is 1.74. The Hall–Kier alpha value is -3.12. The molecule has 27 heavy (non-hydrogen) atoms. The van der Waals surface area contributed by atoms with Crippen LogP contribution in [0.5, 0.6) is 5.75 Å². The molecule has 1 amide bonds. The fraction of sp³-hybridized carbons (Fsp3) is 0.238. The number of phenols is 1. The first-order valence-corrected chi connectivity index (χ1v) is 8.86.